The summed E-state index contributed by atoms with van der Waals surface area (Å²) in [7, 11) is 5.79. The maximum Gasteiger partial charge on any atom is 0.122 e. The molecule has 5 nitrogen and oxygen atoms in total. The van der Waals surface area contributed by atoms with Crippen LogP contribution in [0.5, 0.6) is 0 Å². The number of methoxy groups -OCH3 is 1. The van der Waals surface area contributed by atoms with Crippen molar-refractivity contribution in [2.45, 2.75) is 19.2 Å². The van der Waals surface area contributed by atoms with Crippen LogP contribution in [0, 0.1) is 0 Å². The summed E-state index contributed by atoms with van der Waals surface area (Å²) < 4.78 is 7.17. The largest absolute Gasteiger partial charge is 0.380 e. The van der Waals surface area contributed by atoms with Crippen LogP contribution in [0.2, 0.25) is 0 Å². The number of imidazole rings is 1. The van der Waals surface area contributed by atoms with Crippen LogP contribution in [0.25, 0.3) is 0 Å². The van der Waals surface area contributed by atoms with E-state index in [4.69, 9.17) is 10.5 Å². The molecule has 2 rings (SSSR count). The molecule has 1 aromatic carbocycles. The molecule has 1 heterocycles. The van der Waals surface area contributed by atoms with Crippen LogP contribution in [0.3, 0.4) is 0 Å². The summed E-state index contributed by atoms with van der Waals surface area (Å²) in [6, 6.07) is 8.62. The van der Waals surface area contributed by atoms with E-state index in [1.807, 2.05) is 24.0 Å². The van der Waals surface area contributed by atoms with Gasteiger partial charge < -0.3 is 15.0 Å². The lowest BCUT2D eigenvalue weighted by Gasteiger charge is -2.27. The molecule has 0 aliphatic heterocycles. The number of likely N-dealkylation sites (N-methyl/N-ethyl adjacent to an activating group) is 1. The molecule has 2 aromatic rings. The van der Waals surface area contributed by atoms with Gasteiger partial charge in [0.15, 0.2) is 0 Å². The second-order valence-corrected chi connectivity index (χ2v) is 5.30. The number of hydrogen-bond donors (Lipinski definition) is 1. The Labute approximate surface area is 126 Å². The molecule has 0 amide bonds. The highest BCUT2D eigenvalue weighted by Crippen LogP contribution is 2.20. The van der Waals surface area contributed by atoms with E-state index in [0.717, 1.165) is 12.4 Å². The van der Waals surface area contributed by atoms with Gasteiger partial charge in [0.1, 0.15) is 5.82 Å². The first-order chi connectivity index (χ1) is 10.2. The summed E-state index contributed by atoms with van der Waals surface area (Å²) in [4.78, 5) is 6.60. The minimum absolute atomic E-state index is 0.179. The predicted molar refractivity (Wildman–Crippen MR) is 83.6 cm³/mol. The fraction of sp³-hybridized carbons (Fsp3) is 0.438. The molecule has 0 aliphatic carbocycles. The second-order valence-electron chi connectivity index (χ2n) is 5.30. The summed E-state index contributed by atoms with van der Waals surface area (Å²) in [6.45, 7) is 1.98. The van der Waals surface area contributed by atoms with Crippen LogP contribution in [-0.2, 0) is 24.9 Å². The number of hydrogen-bond acceptors (Lipinski definition) is 4. The van der Waals surface area contributed by atoms with Crippen molar-refractivity contribution < 1.29 is 4.74 Å². The van der Waals surface area contributed by atoms with E-state index in [9.17, 15) is 0 Å². The lowest BCUT2D eigenvalue weighted by molar-refractivity contribution is 0.185. The molecular weight excluding hydrogens is 264 g/mol. The Hall–Kier alpha value is -1.69. The Balaban J connectivity index is 2.09. The van der Waals surface area contributed by atoms with E-state index in [2.05, 4.69) is 41.2 Å². The van der Waals surface area contributed by atoms with Crippen LogP contribution >= 0.6 is 0 Å². The minimum Gasteiger partial charge on any atom is -0.380 e. The number of aryl methyl sites for hydroxylation is 1. The number of ether oxygens (including phenoxy) is 1. The lowest BCUT2D eigenvalue weighted by atomic mass is 10.0. The molecule has 0 fully saturated rings. The summed E-state index contributed by atoms with van der Waals surface area (Å²) in [5.74, 6) is 1.03. The van der Waals surface area contributed by atoms with Gasteiger partial charge in [0, 0.05) is 39.1 Å². The number of nitrogens with zero attached hydrogens (tertiary/aromatic N) is 3. The van der Waals surface area contributed by atoms with Crippen LogP contribution < -0.4 is 5.73 Å². The molecule has 1 atom stereocenters. The Morgan fingerprint density at radius 3 is 2.57 bits per heavy atom. The zero-order valence-corrected chi connectivity index (χ0v) is 13.0. The van der Waals surface area contributed by atoms with Crippen molar-refractivity contribution >= 4 is 0 Å². The highest BCUT2D eigenvalue weighted by atomic mass is 16.5. The van der Waals surface area contributed by atoms with Gasteiger partial charge in [0.05, 0.1) is 13.2 Å². The standard InChI is InChI=1S/C16H24N4O/c1-19-9-8-18-16(19)11-20(2)15(10-17)14-6-4-13(5-7-14)12-21-3/h4-9,15H,10-12,17H2,1-3H3. The van der Waals surface area contributed by atoms with Crippen LogP contribution in [0.4, 0.5) is 0 Å². The van der Waals surface area contributed by atoms with Crippen molar-refractivity contribution in [2.24, 2.45) is 12.8 Å². The van der Waals surface area contributed by atoms with Gasteiger partial charge in [-0.25, -0.2) is 4.98 Å². The van der Waals surface area contributed by atoms with Crippen LogP contribution in [0.1, 0.15) is 23.0 Å². The van der Waals surface area contributed by atoms with E-state index in [0.29, 0.717) is 13.2 Å². The molecule has 21 heavy (non-hydrogen) atoms. The van der Waals surface area contributed by atoms with Crippen molar-refractivity contribution in [3.05, 3.63) is 53.6 Å². The second kappa shape index (κ2) is 7.36. The van der Waals surface area contributed by atoms with Crippen molar-refractivity contribution in [3.8, 4) is 0 Å². The minimum atomic E-state index is 0.179. The summed E-state index contributed by atoms with van der Waals surface area (Å²) >= 11 is 0. The number of nitrogens with two attached hydrogens (primary N) is 1. The van der Waals surface area contributed by atoms with Gasteiger partial charge in [-0.05, 0) is 18.2 Å². The SMILES string of the molecule is COCc1ccc(C(CN)N(C)Cc2nccn2C)cc1. The molecule has 0 radical (unpaired) electrons. The topological polar surface area (TPSA) is 56.3 Å². The number of rotatable bonds is 7. The normalized spacial score (nSPS) is 12.8. The summed E-state index contributed by atoms with van der Waals surface area (Å²) in [5, 5.41) is 0. The first-order valence-electron chi connectivity index (χ1n) is 7.10. The average molecular weight is 288 g/mol. The molecule has 2 N–H and O–H groups in total. The molecule has 0 saturated heterocycles. The third kappa shape index (κ3) is 3.91. The predicted octanol–water partition coefficient (Wildman–Crippen LogP) is 1.70. The fourth-order valence-corrected chi connectivity index (χ4v) is 2.46. The van der Waals surface area contributed by atoms with Crippen molar-refractivity contribution in [1.82, 2.24) is 14.5 Å². The van der Waals surface area contributed by atoms with Gasteiger partial charge in [-0.2, -0.15) is 0 Å². The van der Waals surface area contributed by atoms with E-state index in [-0.39, 0.29) is 6.04 Å². The Bertz CT molecular complexity index is 550. The summed E-state index contributed by atoms with van der Waals surface area (Å²) in [6.07, 6.45) is 3.78. The maximum atomic E-state index is 5.98. The monoisotopic (exact) mass is 288 g/mol. The first kappa shape index (κ1) is 15.7. The third-order valence-electron chi connectivity index (χ3n) is 3.74. The van der Waals surface area contributed by atoms with Crippen LogP contribution in [0.15, 0.2) is 36.7 Å². The molecule has 0 bridgehead atoms. The quantitative estimate of drug-likeness (QED) is 0.842. The van der Waals surface area contributed by atoms with E-state index in [1.54, 1.807) is 7.11 Å². The molecule has 0 saturated carbocycles. The summed E-state index contributed by atoms with van der Waals surface area (Å²) in [5.41, 5.74) is 8.36. The van der Waals surface area contributed by atoms with E-state index < -0.39 is 0 Å². The van der Waals surface area contributed by atoms with Crippen molar-refractivity contribution in [2.75, 3.05) is 20.7 Å². The number of benzene rings is 1. The van der Waals surface area contributed by atoms with Crippen LogP contribution in [-0.4, -0.2) is 35.2 Å². The number of aromatic nitrogens is 2. The molecular formula is C16H24N4O. The zero-order chi connectivity index (χ0) is 15.2. The van der Waals surface area contributed by atoms with Gasteiger partial charge in [0.2, 0.25) is 0 Å². The van der Waals surface area contributed by atoms with Gasteiger partial charge in [-0.15, -0.1) is 0 Å². The van der Waals surface area contributed by atoms with Crippen molar-refractivity contribution in [3.63, 3.8) is 0 Å². The Morgan fingerprint density at radius 2 is 2.05 bits per heavy atom. The van der Waals surface area contributed by atoms with Gasteiger partial charge in [0.25, 0.3) is 0 Å². The smallest absolute Gasteiger partial charge is 0.122 e. The Kier molecular flexibility index (Phi) is 5.50. The molecule has 1 aromatic heterocycles. The molecule has 1 unspecified atom stereocenters. The van der Waals surface area contributed by atoms with Gasteiger partial charge in [-0.1, -0.05) is 24.3 Å². The molecule has 114 valence electrons. The third-order valence-corrected chi connectivity index (χ3v) is 3.74. The fourth-order valence-electron chi connectivity index (χ4n) is 2.46. The maximum absolute atomic E-state index is 5.98. The van der Waals surface area contributed by atoms with Gasteiger partial charge >= 0.3 is 0 Å². The lowest BCUT2D eigenvalue weighted by Crippen LogP contribution is -2.31. The molecule has 5 heteroatoms. The molecule has 0 aliphatic rings. The highest BCUT2D eigenvalue weighted by Gasteiger charge is 2.17. The first-order valence-corrected chi connectivity index (χ1v) is 7.10. The Morgan fingerprint density at radius 1 is 1.33 bits per heavy atom. The highest BCUT2D eigenvalue weighted by molar-refractivity contribution is 5.25. The molecule has 0 spiro atoms. The van der Waals surface area contributed by atoms with Crippen molar-refractivity contribution in [1.29, 1.82) is 0 Å². The zero-order valence-electron chi connectivity index (χ0n) is 13.0. The average Bonchev–Trinajstić information content (AvgIpc) is 2.87. The van der Waals surface area contributed by atoms with E-state index >= 15 is 0 Å². The van der Waals surface area contributed by atoms with Gasteiger partial charge in [-0.3, -0.25) is 4.90 Å². The van der Waals surface area contributed by atoms with E-state index in [1.165, 1.54) is 11.1 Å².